The van der Waals surface area contributed by atoms with Crippen molar-refractivity contribution in [3.63, 3.8) is 0 Å². The predicted molar refractivity (Wildman–Crippen MR) is 82.1 cm³/mol. The monoisotopic (exact) mass is 278 g/mol. The zero-order chi connectivity index (χ0) is 14.2. The number of aryl methyl sites for hydroxylation is 2. The van der Waals surface area contributed by atoms with Gasteiger partial charge in [-0.15, -0.1) is 0 Å². The minimum absolute atomic E-state index is 0.00164. The van der Waals surface area contributed by atoms with E-state index in [-0.39, 0.29) is 11.7 Å². The molecule has 0 saturated carbocycles. The van der Waals surface area contributed by atoms with Gasteiger partial charge in [-0.05, 0) is 48.4 Å². The van der Waals surface area contributed by atoms with Crippen LogP contribution in [0.2, 0.25) is 0 Å². The van der Waals surface area contributed by atoms with E-state index in [2.05, 4.69) is 24.3 Å². The number of ketones is 1. The predicted octanol–water partition coefficient (Wildman–Crippen LogP) is 3.92. The van der Waals surface area contributed by atoms with E-state index in [1.54, 1.807) is 0 Å². The van der Waals surface area contributed by atoms with Gasteiger partial charge >= 0.3 is 0 Å². The Balaban J connectivity index is 1.74. The number of para-hydroxylation sites is 1. The summed E-state index contributed by atoms with van der Waals surface area (Å²) in [4.78, 5) is 13.0. The second-order valence-electron chi connectivity index (χ2n) is 5.90. The van der Waals surface area contributed by atoms with E-state index in [1.165, 1.54) is 16.7 Å². The lowest BCUT2D eigenvalue weighted by atomic mass is 9.90. The lowest BCUT2D eigenvalue weighted by Gasteiger charge is -2.21. The maximum atomic E-state index is 13.0. The quantitative estimate of drug-likeness (QED) is 0.778. The first-order valence-corrected chi connectivity index (χ1v) is 7.71. The fraction of sp³-hybridized carbons (Fsp3) is 0.316. The highest BCUT2D eigenvalue weighted by Gasteiger charge is 2.31. The van der Waals surface area contributed by atoms with Gasteiger partial charge in [-0.2, -0.15) is 0 Å². The maximum absolute atomic E-state index is 13.0. The number of carbonyl (C=O) groups excluding carboxylic acids is 1. The molecule has 0 aromatic heterocycles. The second kappa shape index (κ2) is 5.03. The van der Waals surface area contributed by atoms with E-state index in [4.69, 9.17) is 4.74 Å². The van der Waals surface area contributed by atoms with Crippen molar-refractivity contribution in [1.82, 2.24) is 0 Å². The summed E-state index contributed by atoms with van der Waals surface area (Å²) in [6.07, 6.45) is 3.97. The fourth-order valence-electron chi connectivity index (χ4n) is 3.60. The summed E-state index contributed by atoms with van der Waals surface area (Å²) in [5, 5.41) is 0. The van der Waals surface area contributed by atoms with Crippen molar-refractivity contribution >= 4 is 5.78 Å². The SMILES string of the molecule is O=C(c1cccc2c1OCCC2)C1CCc2ccccc21. The molecule has 0 spiro atoms. The molecular formula is C19H18O2. The lowest BCUT2D eigenvalue weighted by Crippen LogP contribution is -2.16. The first-order chi connectivity index (χ1) is 10.3. The molecular weight excluding hydrogens is 260 g/mol. The molecule has 0 saturated heterocycles. The third-order valence-electron chi connectivity index (χ3n) is 4.65. The molecule has 106 valence electrons. The van der Waals surface area contributed by atoms with Crippen LogP contribution in [0.4, 0.5) is 0 Å². The zero-order valence-corrected chi connectivity index (χ0v) is 12.0. The van der Waals surface area contributed by atoms with E-state index >= 15 is 0 Å². The van der Waals surface area contributed by atoms with Crippen molar-refractivity contribution in [2.24, 2.45) is 0 Å². The molecule has 1 atom stereocenters. The average molecular weight is 278 g/mol. The van der Waals surface area contributed by atoms with Gasteiger partial charge in [-0.25, -0.2) is 0 Å². The van der Waals surface area contributed by atoms with Crippen molar-refractivity contribution in [2.75, 3.05) is 6.61 Å². The Kier molecular flexibility index (Phi) is 3.03. The van der Waals surface area contributed by atoms with Crippen LogP contribution in [-0.4, -0.2) is 12.4 Å². The minimum Gasteiger partial charge on any atom is -0.493 e. The highest BCUT2D eigenvalue weighted by atomic mass is 16.5. The molecule has 0 fully saturated rings. The highest BCUT2D eigenvalue weighted by molar-refractivity contribution is 6.04. The normalized spacial score (nSPS) is 19.5. The smallest absolute Gasteiger partial charge is 0.174 e. The van der Waals surface area contributed by atoms with Crippen molar-refractivity contribution in [2.45, 2.75) is 31.6 Å². The summed E-state index contributed by atoms with van der Waals surface area (Å²) in [6, 6.07) is 14.3. The number of carbonyl (C=O) groups is 1. The number of Topliss-reactive ketones (excluding diaryl/α,β-unsaturated/α-hetero) is 1. The number of rotatable bonds is 2. The van der Waals surface area contributed by atoms with Gasteiger partial charge in [-0.1, -0.05) is 36.4 Å². The Morgan fingerprint density at radius 2 is 1.86 bits per heavy atom. The Labute approximate surface area is 124 Å². The van der Waals surface area contributed by atoms with Crippen LogP contribution in [0.3, 0.4) is 0 Å². The molecule has 2 aliphatic rings. The molecule has 1 aliphatic carbocycles. The number of hydrogen-bond acceptors (Lipinski definition) is 2. The fourth-order valence-corrected chi connectivity index (χ4v) is 3.60. The third-order valence-corrected chi connectivity index (χ3v) is 4.65. The van der Waals surface area contributed by atoms with E-state index in [0.717, 1.165) is 43.6 Å². The molecule has 0 N–H and O–H groups in total. The number of ether oxygens (including phenoxy) is 1. The molecule has 1 heterocycles. The molecule has 0 bridgehead atoms. The van der Waals surface area contributed by atoms with Gasteiger partial charge in [0.25, 0.3) is 0 Å². The molecule has 2 aromatic rings. The number of fused-ring (bicyclic) bond motifs is 2. The number of hydrogen-bond donors (Lipinski definition) is 0. The third kappa shape index (κ3) is 2.06. The topological polar surface area (TPSA) is 26.3 Å². The largest absolute Gasteiger partial charge is 0.493 e. The van der Waals surface area contributed by atoms with Crippen LogP contribution in [0.25, 0.3) is 0 Å². The van der Waals surface area contributed by atoms with E-state index in [9.17, 15) is 4.79 Å². The van der Waals surface area contributed by atoms with Gasteiger partial charge in [0.15, 0.2) is 5.78 Å². The van der Waals surface area contributed by atoms with Crippen molar-refractivity contribution < 1.29 is 9.53 Å². The van der Waals surface area contributed by atoms with Gasteiger partial charge in [0, 0.05) is 5.92 Å². The minimum atomic E-state index is -0.00164. The molecule has 21 heavy (non-hydrogen) atoms. The van der Waals surface area contributed by atoms with Crippen LogP contribution >= 0.6 is 0 Å². The van der Waals surface area contributed by atoms with Crippen molar-refractivity contribution in [3.05, 3.63) is 64.7 Å². The van der Waals surface area contributed by atoms with Crippen molar-refractivity contribution in [1.29, 1.82) is 0 Å². The van der Waals surface area contributed by atoms with Crippen LogP contribution in [0, 0.1) is 0 Å². The van der Waals surface area contributed by atoms with E-state index in [1.807, 2.05) is 18.2 Å². The Morgan fingerprint density at radius 1 is 1.00 bits per heavy atom. The Morgan fingerprint density at radius 3 is 2.81 bits per heavy atom. The second-order valence-corrected chi connectivity index (χ2v) is 5.90. The summed E-state index contributed by atoms with van der Waals surface area (Å²) in [5.74, 6) is 1.05. The molecule has 1 aliphatic heterocycles. The average Bonchev–Trinajstić information content (AvgIpc) is 2.98. The Hall–Kier alpha value is -2.09. The van der Waals surface area contributed by atoms with Gasteiger partial charge < -0.3 is 4.74 Å². The molecule has 2 aromatic carbocycles. The summed E-state index contributed by atoms with van der Waals surface area (Å²) in [5.41, 5.74) is 4.48. The standard InChI is InChI=1S/C19H18O2/c20-18(16-11-10-13-5-1-2-8-15(13)16)17-9-3-6-14-7-4-12-21-19(14)17/h1-3,5-6,8-9,16H,4,7,10-12H2. The zero-order valence-electron chi connectivity index (χ0n) is 12.0. The van der Waals surface area contributed by atoms with Crippen molar-refractivity contribution in [3.8, 4) is 5.75 Å². The van der Waals surface area contributed by atoms with Crippen LogP contribution in [0.15, 0.2) is 42.5 Å². The number of benzene rings is 2. The summed E-state index contributed by atoms with van der Waals surface area (Å²) in [7, 11) is 0. The van der Waals surface area contributed by atoms with Crippen LogP contribution in [0.1, 0.15) is 45.8 Å². The molecule has 1 unspecified atom stereocenters. The highest BCUT2D eigenvalue weighted by Crippen LogP contribution is 2.38. The first-order valence-electron chi connectivity index (χ1n) is 7.71. The first kappa shape index (κ1) is 12.6. The van der Waals surface area contributed by atoms with Gasteiger partial charge in [0.05, 0.1) is 12.2 Å². The Bertz CT molecular complexity index is 702. The van der Waals surface area contributed by atoms with Crippen LogP contribution in [-0.2, 0) is 12.8 Å². The molecule has 2 heteroatoms. The molecule has 0 radical (unpaired) electrons. The van der Waals surface area contributed by atoms with Crippen LogP contribution in [0.5, 0.6) is 5.75 Å². The van der Waals surface area contributed by atoms with Gasteiger partial charge in [0.2, 0.25) is 0 Å². The van der Waals surface area contributed by atoms with Gasteiger partial charge in [-0.3, -0.25) is 4.79 Å². The summed E-state index contributed by atoms with van der Waals surface area (Å²) >= 11 is 0. The summed E-state index contributed by atoms with van der Waals surface area (Å²) < 4.78 is 5.80. The van der Waals surface area contributed by atoms with E-state index in [0.29, 0.717) is 0 Å². The van der Waals surface area contributed by atoms with Crippen LogP contribution < -0.4 is 4.74 Å². The molecule has 2 nitrogen and oxygen atoms in total. The molecule has 4 rings (SSSR count). The van der Waals surface area contributed by atoms with Gasteiger partial charge in [0.1, 0.15) is 5.75 Å². The summed E-state index contributed by atoms with van der Waals surface area (Å²) in [6.45, 7) is 0.721. The van der Waals surface area contributed by atoms with E-state index < -0.39 is 0 Å². The maximum Gasteiger partial charge on any atom is 0.174 e. The molecule has 0 amide bonds. The lowest BCUT2D eigenvalue weighted by molar-refractivity contribution is 0.0954.